The summed E-state index contributed by atoms with van der Waals surface area (Å²) in [7, 11) is 0. The molecule has 1 aliphatic rings. The molecular weight excluding hydrogens is 246 g/mol. The number of aliphatic hydroxyl groups excluding tert-OH is 1. The van der Waals surface area contributed by atoms with Gasteiger partial charge in [-0.25, -0.2) is 0 Å². The fourth-order valence-electron chi connectivity index (χ4n) is 1.86. The third-order valence-electron chi connectivity index (χ3n) is 2.73. The van der Waals surface area contributed by atoms with E-state index in [1.807, 2.05) is 4.90 Å². The number of aliphatic hydroxyl groups is 1. The number of ether oxygens (including phenoxy) is 1. The fourth-order valence-corrected chi connectivity index (χ4v) is 1.97. The molecule has 0 saturated carbocycles. The van der Waals surface area contributed by atoms with E-state index in [0.29, 0.717) is 18.5 Å². The van der Waals surface area contributed by atoms with Crippen LogP contribution in [-0.2, 0) is 10.6 Å². The molecule has 1 aliphatic heterocycles. The second kappa shape index (κ2) is 6.18. The average Bonchev–Trinajstić information content (AvgIpc) is 2.86. The number of alkyl halides is 1. The highest BCUT2D eigenvalue weighted by atomic mass is 35.5. The smallest absolute Gasteiger partial charge is 0.318 e. The lowest BCUT2D eigenvalue weighted by Crippen LogP contribution is -2.37. The first-order valence-electron chi connectivity index (χ1n) is 5.69. The Bertz CT molecular complexity index is 339. The molecule has 0 spiro atoms. The van der Waals surface area contributed by atoms with E-state index in [2.05, 4.69) is 10.2 Å². The van der Waals surface area contributed by atoms with Crippen molar-refractivity contribution in [3.05, 3.63) is 5.89 Å². The van der Waals surface area contributed by atoms with Gasteiger partial charge in [-0.15, -0.1) is 16.7 Å². The Morgan fingerprint density at radius 3 is 2.76 bits per heavy atom. The number of rotatable bonds is 5. The molecule has 0 amide bonds. The Balaban J connectivity index is 1.82. The maximum atomic E-state index is 8.68. The summed E-state index contributed by atoms with van der Waals surface area (Å²) in [6.07, 6.45) is 2.02. The van der Waals surface area contributed by atoms with Crippen LogP contribution in [0.1, 0.15) is 18.7 Å². The molecule has 1 saturated heterocycles. The van der Waals surface area contributed by atoms with Crippen LogP contribution in [0.5, 0.6) is 0 Å². The minimum Gasteiger partial charge on any atom is -0.407 e. The van der Waals surface area contributed by atoms with Gasteiger partial charge < -0.3 is 19.2 Å². The van der Waals surface area contributed by atoms with Gasteiger partial charge in [0, 0.05) is 13.1 Å². The summed E-state index contributed by atoms with van der Waals surface area (Å²) in [6.45, 7) is 2.12. The van der Waals surface area contributed by atoms with Gasteiger partial charge in [0.25, 0.3) is 0 Å². The number of aromatic nitrogens is 2. The van der Waals surface area contributed by atoms with Crippen LogP contribution in [0.4, 0.5) is 6.01 Å². The van der Waals surface area contributed by atoms with Gasteiger partial charge in [0.15, 0.2) is 0 Å². The average molecular weight is 262 g/mol. The van der Waals surface area contributed by atoms with Crippen LogP contribution in [-0.4, -0.2) is 47.7 Å². The highest BCUT2D eigenvalue weighted by Gasteiger charge is 2.23. The molecule has 96 valence electrons. The minimum absolute atomic E-state index is 0.0724. The molecule has 2 heterocycles. The molecule has 0 unspecified atom stereocenters. The third-order valence-corrected chi connectivity index (χ3v) is 2.96. The maximum absolute atomic E-state index is 8.68. The number of nitrogens with zero attached hydrogens (tertiary/aromatic N) is 3. The highest BCUT2D eigenvalue weighted by molar-refractivity contribution is 6.16. The van der Waals surface area contributed by atoms with E-state index in [4.69, 9.17) is 25.9 Å². The molecule has 2 rings (SSSR count). The number of anilines is 1. The van der Waals surface area contributed by atoms with Crippen LogP contribution >= 0.6 is 11.6 Å². The number of halogens is 1. The van der Waals surface area contributed by atoms with Crippen molar-refractivity contribution in [1.29, 1.82) is 0 Å². The lowest BCUT2D eigenvalue weighted by Gasteiger charge is -2.30. The Morgan fingerprint density at radius 2 is 2.18 bits per heavy atom. The second-order valence-electron chi connectivity index (χ2n) is 3.89. The maximum Gasteiger partial charge on any atom is 0.318 e. The number of hydrogen-bond acceptors (Lipinski definition) is 6. The van der Waals surface area contributed by atoms with Crippen molar-refractivity contribution in [2.45, 2.75) is 24.8 Å². The summed E-state index contributed by atoms with van der Waals surface area (Å²) < 4.78 is 10.9. The molecule has 6 nitrogen and oxygen atoms in total. The summed E-state index contributed by atoms with van der Waals surface area (Å²) in [5.41, 5.74) is 0. The van der Waals surface area contributed by atoms with Gasteiger partial charge in [-0.3, -0.25) is 0 Å². The molecule has 1 aromatic heterocycles. The molecule has 1 fully saturated rings. The van der Waals surface area contributed by atoms with E-state index in [1.54, 1.807) is 0 Å². The molecule has 1 N–H and O–H groups in total. The summed E-state index contributed by atoms with van der Waals surface area (Å²) in [4.78, 5) is 2.03. The molecule has 0 atom stereocenters. The predicted molar refractivity (Wildman–Crippen MR) is 62.1 cm³/mol. The predicted octanol–water partition coefficient (Wildman–Crippen LogP) is 0.786. The molecule has 0 bridgehead atoms. The first-order chi connectivity index (χ1) is 8.33. The van der Waals surface area contributed by atoms with Crippen molar-refractivity contribution >= 4 is 17.6 Å². The molecule has 0 aromatic carbocycles. The lowest BCUT2D eigenvalue weighted by atomic mass is 10.1. The van der Waals surface area contributed by atoms with E-state index in [-0.39, 0.29) is 18.6 Å². The van der Waals surface area contributed by atoms with Crippen molar-refractivity contribution in [2.75, 3.05) is 31.2 Å². The minimum atomic E-state index is 0.0724. The Hall–Kier alpha value is -0.850. The lowest BCUT2D eigenvalue weighted by molar-refractivity contribution is 0.0154. The van der Waals surface area contributed by atoms with Gasteiger partial charge in [-0.05, 0) is 12.8 Å². The third kappa shape index (κ3) is 3.31. The molecular formula is C10H16ClN3O3. The molecule has 7 heteroatoms. The standard InChI is InChI=1S/C10H16ClN3O3/c11-7-9-12-13-10(17-9)14-3-1-8(2-4-14)16-6-5-15/h8,15H,1-7H2. The molecule has 0 aliphatic carbocycles. The quantitative estimate of drug-likeness (QED) is 0.790. The van der Waals surface area contributed by atoms with Crippen molar-refractivity contribution in [3.63, 3.8) is 0 Å². The molecule has 17 heavy (non-hydrogen) atoms. The Morgan fingerprint density at radius 1 is 1.41 bits per heavy atom. The summed E-state index contributed by atoms with van der Waals surface area (Å²) in [5.74, 6) is 0.684. The zero-order valence-electron chi connectivity index (χ0n) is 9.51. The van der Waals surface area contributed by atoms with E-state index in [1.165, 1.54) is 0 Å². The summed E-state index contributed by atoms with van der Waals surface area (Å²) in [6, 6.07) is 0.529. The fraction of sp³-hybridized carbons (Fsp3) is 0.800. The van der Waals surface area contributed by atoms with Crippen molar-refractivity contribution in [1.82, 2.24) is 10.2 Å². The second-order valence-corrected chi connectivity index (χ2v) is 4.16. The van der Waals surface area contributed by atoms with Gasteiger partial charge in [-0.1, -0.05) is 5.10 Å². The van der Waals surface area contributed by atoms with Gasteiger partial charge in [-0.2, -0.15) is 0 Å². The van der Waals surface area contributed by atoms with Crippen molar-refractivity contribution < 1.29 is 14.3 Å². The Kier molecular flexibility index (Phi) is 4.58. The SMILES string of the molecule is OCCOC1CCN(c2nnc(CCl)o2)CC1. The van der Waals surface area contributed by atoms with E-state index in [0.717, 1.165) is 25.9 Å². The van der Waals surface area contributed by atoms with Crippen LogP contribution in [0, 0.1) is 0 Å². The monoisotopic (exact) mass is 261 g/mol. The normalized spacial score (nSPS) is 17.6. The first-order valence-corrected chi connectivity index (χ1v) is 6.22. The van der Waals surface area contributed by atoms with E-state index >= 15 is 0 Å². The van der Waals surface area contributed by atoms with E-state index in [9.17, 15) is 0 Å². The topological polar surface area (TPSA) is 71.6 Å². The summed E-state index contributed by atoms with van der Waals surface area (Å²) in [5, 5.41) is 16.4. The number of piperidine rings is 1. The van der Waals surface area contributed by atoms with Gasteiger partial charge >= 0.3 is 6.01 Å². The Labute approximate surface area is 105 Å². The van der Waals surface area contributed by atoms with Crippen LogP contribution in [0.25, 0.3) is 0 Å². The zero-order chi connectivity index (χ0) is 12.1. The van der Waals surface area contributed by atoms with Gasteiger partial charge in [0.05, 0.1) is 19.3 Å². The summed E-state index contributed by atoms with van der Waals surface area (Å²) >= 11 is 5.60. The van der Waals surface area contributed by atoms with E-state index < -0.39 is 0 Å². The van der Waals surface area contributed by atoms with Crippen LogP contribution < -0.4 is 4.90 Å². The largest absolute Gasteiger partial charge is 0.407 e. The zero-order valence-corrected chi connectivity index (χ0v) is 10.3. The molecule has 0 radical (unpaired) electrons. The van der Waals surface area contributed by atoms with Crippen LogP contribution in [0.2, 0.25) is 0 Å². The van der Waals surface area contributed by atoms with Gasteiger partial charge in [0.2, 0.25) is 5.89 Å². The number of hydrogen-bond donors (Lipinski definition) is 1. The van der Waals surface area contributed by atoms with Gasteiger partial charge in [0.1, 0.15) is 5.88 Å². The van der Waals surface area contributed by atoms with Crippen molar-refractivity contribution in [3.8, 4) is 0 Å². The first kappa shape index (κ1) is 12.6. The highest BCUT2D eigenvalue weighted by Crippen LogP contribution is 2.20. The van der Waals surface area contributed by atoms with Crippen LogP contribution in [0.3, 0.4) is 0 Å². The van der Waals surface area contributed by atoms with Crippen molar-refractivity contribution in [2.24, 2.45) is 0 Å². The van der Waals surface area contributed by atoms with Crippen LogP contribution in [0.15, 0.2) is 4.42 Å². The molecule has 1 aromatic rings.